The van der Waals surface area contributed by atoms with Gasteiger partial charge in [0, 0.05) is 6.08 Å². The highest BCUT2D eigenvalue weighted by molar-refractivity contribution is 5.38. The number of nitrogens with one attached hydrogen (secondary N) is 2. The third kappa shape index (κ3) is 4.53. The number of ether oxygens (including phenoxy) is 2. The van der Waals surface area contributed by atoms with Crippen LogP contribution >= 0.6 is 0 Å². The summed E-state index contributed by atoms with van der Waals surface area (Å²) in [4.78, 5) is 0. The summed E-state index contributed by atoms with van der Waals surface area (Å²) in [6.07, 6.45) is 7.75. The van der Waals surface area contributed by atoms with Crippen LogP contribution in [-0.2, 0) is 22.7 Å². The highest BCUT2D eigenvalue weighted by Gasteiger charge is 2.19. The van der Waals surface area contributed by atoms with Crippen molar-refractivity contribution in [1.82, 2.24) is 10.9 Å². The molecule has 0 saturated carbocycles. The van der Waals surface area contributed by atoms with Crippen LogP contribution < -0.4 is 10.9 Å². The van der Waals surface area contributed by atoms with Crippen LogP contribution in [0.3, 0.4) is 0 Å². The Kier molecular flexibility index (Phi) is 5.44. The average molecular weight is 360 g/mol. The molecule has 2 aromatic carbocycles. The second-order valence-corrected chi connectivity index (χ2v) is 6.67. The van der Waals surface area contributed by atoms with E-state index in [-0.39, 0.29) is 0 Å². The van der Waals surface area contributed by atoms with E-state index in [2.05, 4.69) is 29.1 Å². The minimum absolute atomic E-state index is 0.481. The molecule has 0 unspecified atom stereocenters. The van der Waals surface area contributed by atoms with Crippen LogP contribution in [0.5, 0.6) is 0 Å². The van der Waals surface area contributed by atoms with Gasteiger partial charge < -0.3 is 9.47 Å². The minimum atomic E-state index is 0.481. The highest BCUT2D eigenvalue weighted by atomic mass is 16.5. The van der Waals surface area contributed by atoms with E-state index in [0.717, 1.165) is 35.4 Å². The molecule has 4 heteroatoms. The Morgan fingerprint density at radius 1 is 0.778 bits per heavy atom. The molecule has 2 N–H and O–H groups in total. The molecule has 0 spiro atoms. The predicted octanol–water partition coefficient (Wildman–Crippen LogP) is 4.69. The molecule has 1 aliphatic carbocycles. The van der Waals surface area contributed by atoms with Gasteiger partial charge in [0.15, 0.2) is 5.76 Å². The van der Waals surface area contributed by atoms with Gasteiger partial charge in [-0.15, -0.1) is 0 Å². The van der Waals surface area contributed by atoms with Crippen molar-refractivity contribution in [3.05, 3.63) is 107 Å². The van der Waals surface area contributed by atoms with Crippen LogP contribution in [0.4, 0.5) is 0 Å². The van der Waals surface area contributed by atoms with Crippen molar-refractivity contribution in [3.8, 4) is 0 Å². The molecule has 4 rings (SSSR count). The van der Waals surface area contributed by atoms with Gasteiger partial charge in [-0.2, -0.15) is 0 Å². The molecule has 0 saturated heterocycles. The first-order valence-electron chi connectivity index (χ1n) is 9.39. The lowest BCUT2D eigenvalue weighted by Crippen LogP contribution is -2.36. The number of hydrogen-bond donors (Lipinski definition) is 2. The molecule has 4 nitrogen and oxygen atoms in total. The molecule has 0 aromatic heterocycles. The first-order chi connectivity index (χ1) is 13.4. The highest BCUT2D eigenvalue weighted by Crippen LogP contribution is 2.27. The maximum absolute atomic E-state index is 6.11. The number of hydrogen-bond acceptors (Lipinski definition) is 4. The Labute approximate surface area is 160 Å². The Morgan fingerprint density at radius 3 is 2.07 bits per heavy atom. The predicted molar refractivity (Wildman–Crippen MR) is 106 cm³/mol. The van der Waals surface area contributed by atoms with Crippen molar-refractivity contribution in [1.29, 1.82) is 0 Å². The molecule has 0 fully saturated rings. The van der Waals surface area contributed by atoms with Gasteiger partial charge in [-0.05, 0) is 36.0 Å². The largest absolute Gasteiger partial charge is 0.483 e. The van der Waals surface area contributed by atoms with Gasteiger partial charge in [-0.1, -0.05) is 66.7 Å². The summed E-state index contributed by atoms with van der Waals surface area (Å²) in [7, 11) is 0. The lowest BCUT2D eigenvalue weighted by molar-refractivity contribution is 0.123. The molecule has 0 radical (unpaired) electrons. The molecule has 0 amide bonds. The fourth-order valence-corrected chi connectivity index (χ4v) is 3.19. The van der Waals surface area contributed by atoms with Crippen molar-refractivity contribution < 1.29 is 9.47 Å². The van der Waals surface area contributed by atoms with Crippen molar-refractivity contribution in [2.24, 2.45) is 0 Å². The van der Waals surface area contributed by atoms with E-state index in [4.69, 9.17) is 9.47 Å². The fraction of sp³-hybridized carbons (Fsp3) is 0.217. The minimum Gasteiger partial charge on any atom is -0.483 e. The van der Waals surface area contributed by atoms with Crippen LogP contribution in [0.2, 0.25) is 0 Å². The SMILES string of the molecule is C1=C(C2=CC(OCc3ccccc3)=C(OCc3ccccc3)NN2)CCC1. The van der Waals surface area contributed by atoms with E-state index in [0.29, 0.717) is 19.1 Å². The molecular formula is C23H24N2O2. The lowest BCUT2D eigenvalue weighted by atomic mass is 10.1. The van der Waals surface area contributed by atoms with Crippen LogP contribution in [0.15, 0.2) is 95.7 Å². The quantitative estimate of drug-likeness (QED) is 0.752. The van der Waals surface area contributed by atoms with Gasteiger partial charge in [0.2, 0.25) is 5.88 Å². The third-order valence-corrected chi connectivity index (χ3v) is 4.66. The zero-order chi connectivity index (χ0) is 18.3. The first-order valence-corrected chi connectivity index (χ1v) is 9.39. The van der Waals surface area contributed by atoms with E-state index in [9.17, 15) is 0 Å². The number of rotatable bonds is 7. The van der Waals surface area contributed by atoms with Crippen molar-refractivity contribution in [2.45, 2.75) is 32.5 Å². The van der Waals surface area contributed by atoms with E-state index in [1.165, 1.54) is 12.0 Å². The van der Waals surface area contributed by atoms with Crippen LogP contribution in [0.1, 0.15) is 30.4 Å². The maximum atomic E-state index is 6.11. The Balaban J connectivity index is 1.52. The Hall–Kier alpha value is -3.14. The second-order valence-electron chi connectivity index (χ2n) is 6.67. The van der Waals surface area contributed by atoms with Crippen molar-refractivity contribution in [3.63, 3.8) is 0 Å². The van der Waals surface area contributed by atoms with E-state index >= 15 is 0 Å². The summed E-state index contributed by atoms with van der Waals surface area (Å²) in [5.74, 6) is 1.33. The molecule has 1 heterocycles. The van der Waals surface area contributed by atoms with Crippen LogP contribution in [0, 0.1) is 0 Å². The van der Waals surface area contributed by atoms with Gasteiger partial charge >= 0.3 is 0 Å². The van der Waals surface area contributed by atoms with Gasteiger partial charge in [-0.25, -0.2) is 0 Å². The monoisotopic (exact) mass is 360 g/mol. The number of benzene rings is 2. The van der Waals surface area contributed by atoms with Gasteiger partial charge in [0.1, 0.15) is 13.2 Å². The van der Waals surface area contributed by atoms with E-state index < -0.39 is 0 Å². The van der Waals surface area contributed by atoms with E-state index in [1.54, 1.807) is 0 Å². The zero-order valence-corrected chi connectivity index (χ0v) is 15.3. The molecule has 27 heavy (non-hydrogen) atoms. The normalized spacial score (nSPS) is 16.1. The smallest absolute Gasteiger partial charge is 0.249 e. The van der Waals surface area contributed by atoms with Crippen LogP contribution in [0.25, 0.3) is 0 Å². The summed E-state index contributed by atoms with van der Waals surface area (Å²) < 4.78 is 12.1. The summed E-state index contributed by atoms with van der Waals surface area (Å²) in [5, 5.41) is 0. The average Bonchev–Trinajstić information content (AvgIpc) is 3.27. The van der Waals surface area contributed by atoms with Crippen LogP contribution in [-0.4, -0.2) is 0 Å². The number of allylic oxidation sites excluding steroid dienone is 3. The first kappa shape index (κ1) is 17.3. The molecule has 138 valence electrons. The summed E-state index contributed by atoms with van der Waals surface area (Å²) in [6.45, 7) is 0.980. The van der Waals surface area contributed by atoms with Crippen molar-refractivity contribution >= 4 is 0 Å². The third-order valence-electron chi connectivity index (χ3n) is 4.66. The molecule has 0 bridgehead atoms. The second kappa shape index (κ2) is 8.49. The Morgan fingerprint density at radius 2 is 1.44 bits per heavy atom. The molecular weight excluding hydrogens is 336 g/mol. The standard InChI is InChI=1S/C23H24N2O2/c1-3-9-18(10-4-1)16-26-22-15-21(20-13-7-8-14-20)24-25-23(22)27-17-19-11-5-2-6-12-19/h1-6,9-13,15,24-25H,7-8,14,16-17H2. The summed E-state index contributed by atoms with van der Waals surface area (Å²) in [5.41, 5.74) is 11.1. The Bertz CT molecular complexity index is 854. The van der Waals surface area contributed by atoms with Gasteiger partial charge in [0.25, 0.3) is 0 Å². The molecule has 0 atom stereocenters. The van der Waals surface area contributed by atoms with Crippen molar-refractivity contribution in [2.75, 3.05) is 0 Å². The maximum Gasteiger partial charge on any atom is 0.249 e. The molecule has 1 aliphatic heterocycles. The van der Waals surface area contributed by atoms with Gasteiger partial charge in [-0.3, -0.25) is 10.9 Å². The fourth-order valence-electron chi connectivity index (χ4n) is 3.19. The topological polar surface area (TPSA) is 42.5 Å². The molecule has 2 aliphatic rings. The van der Waals surface area contributed by atoms with E-state index in [1.807, 2.05) is 54.6 Å². The van der Waals surface area contributed by atoms with Gasteiger partial charge in [0.05, 0.1) is 5.70 Å². The summed E-state index contributed by atoms with van der Waals surface area (Å²) >= 11 is 0. The molecule has 2 aromatic rings. The zero-order valence-electron chi connectivity index (χ0n) is 15.3. The number of hydrazine groups is 1. The summed E-state index contributed by atoms with van der Waals surface area (Å²) in [6, 6.07) is 20.3. The lowest BCUT2D eigenvalue weighted by Gasteiger charge is -2.24.